The van der Waals surface area contributed by atoms with E-state index in [0.29, 0.717) is 12.4 Å². The molecule has 0 radical (unpaired) electrons. The van der Waals surface area contributed by atoms with Gasteiger partial charge in [-0.25, -0.2) is 0 Å². The van der Waals surface area contributed by atoms with Gasteiger partial charge in [0.15, 0.2) is 0 Å². The van der Waals surface area contributed by atoms with Gasteiger partial charge in [0.25, 0.3) is 0 Å². The van der Waals surface area contributed by atoms with Gasteiger partial charge < -0.3 is 9.16 Å². The van der Waals surface area contributed by atoms with Gasteiger partial charge in [-0.05, 0) is 64.7 Å². The highest BCUT2D eigenvalue weighted by molar-refractivity contribution is 6.74. The highest BCUT2D eigenvalue weighted by Gasteiger charge is 2.38. The zero-order valence-electron chi connectivity index (χ0n) is 19.9. The average molecular weight is 462 g/mol. The smallest absolute Gasteiger partial charge is 0.250 e. The van der Waals surface area contributed by atoms with Crippen molar-refractivity contribution >= 4 is 14.4 Å². The molecule has 5 nitrogen and oxygen atoms in total. The van der Waals surface area contributed by atoms with Crippen LogP contribution >= 0.6 is 0 Å². The van der Waals surface area contributed by atoms with Crippen LogP contribution in [0.15, 0.2) is 79.0 Å². The van der Waals surface area contributed by atoms with E-state index in [1.54, 1.807) is 0 Å². The first-order valence-electron chi connectivity index (χ1n) is 11.0. The third kappa shape index (κ3) is 6.55. The number of ether oxygens (including phenoxy) is 1. The van der Waals surface area contributed by atoms with Crippen molar-refractivity contribution < 1.29 is 14.1 Å². The Morgan fingerprint density at radius 1 is 0.939 bits per heavy atom. The minimum absolute atomic E-state index is 0.108. The summed E-state index contributed by atoms with van der Waals surface area (Å²) in [6, 6.07) is 23.4. The van der Waals surface area contributed by atoms with Gasteiger partial charge in [-0.15, -0.1) is 0 Å². The summed E-state index contributed by atoms with van der Waals surface area (Å²) in [6.07, 6.45) is 2.47. The van der Waals surface area contributed by atoms with Crippen LogP contribution in [0.5, 0.6) is 11.5 Å². The van der Waals surface area contributed by atoms with Crippen LogP contribution in [-0.2, 0) is 6.61 Å². The van der Waals surface area contributed by atoms with Crippen LogP contribution < -0.4 is 9.16 Å². The molecule has 0 aliphatic carbocycles. The van der Waals surface area contributed by atoms with Crippen molar-refractivity contribution in [2.45, 2.75) is 45.5 Å². The molecule has 0 aliphatic rings. The fourth-order valence-corrected chi connectivity index (χ4v) is 4.08. The largest absolute Gasteiger partial charge is 0.544 e. The third-order valence-electron chi connectivity index (χ3n) is 5.99. The Morgan fingerprint density at radius 2 is 1.58 bits per heavy atom. The summed E-state index contributed by atoms with van der Waals surface area (Å²) in [5.41, 5.74) is 3.61. The van der Waals surface area contributed by atoms with Crippen molar-refractivity contribution in [2.24, 2.45) is 0 Å². The van der Waals surface area contributed by atoms with Crippen molar-refractivity contribution in [3.63, 3.8) is 0 Å². The summed E-state index contributed by atoms with van der Waals surface area (Å²) in [6.45, 7) is 11.5. The number of nitro groups is 1. The number of benzene rings is 3. The number of nitrogens with zero attached hydrogens (tertiary/aromatic N) is 1. The Hall–Kier alpha value is -3.38. The van der Waals surface area contributed by atoms with Crippen molar-refractivity contribution in [1.29, 1.82) is 0 Å². The monoisotopic (exact) mass is 461 g/mol. The molecular weight excluding hydrogens is 430 g/mol. The number of rotatable bonds is 8. The fraction of sp³-hybridized carbons (Fsp3) is 0.259. The Labute approximate surface area is 197 Å². The summed E-state index contributed by atoms with van der Waals surface area (Å²) in [5.74, 6) is 1.54. The fourth-order valence-electron chi connectivity index (χ4n) is 3.05. The second-order valence-electron chi connectivity index (χ2n) is 9.51. The second kappa shape index (κ2) is 10.0. The maximum atomic E-state index is 10.9. The van der Waals surface area contributed by atoms with Crippen molar-refractivity contribution in [3.8, 4) is 22.6 Å². The van der Waals surface area contributed by atoms with Crippen molar-refractivity contribution in [1.82, 2.24) is 0 Å². The zero-order chi connectivity index (χ0) is 24.1. The highest BCUT2D eigenvalue weighted by atomic mass is 28.4. The first kappa shape index (κ1) is 24.3. The van der Waals surface area contributed by atoms with Crippen LogP contribution in [0.4, 0.5) is 0 Å². The van der Waals surface area contributed by atoms with E-state index in [-0.39, 0.29) is 5.04 Å². The van der Waals surface area contributed by atoms with Crippen molar-refractivity contribution in [2.75, 3.05) is 0 Å². The van der Waals surface area contributed by atoms with E-state index in [9.17, 15) is 10.1 Å². The molecular formula is C27H31NO4Si. The molecule has 33 heavy (non-hydrogen) atoms. The third-order valence-corrected chi connectivity index (χ3v) is 10.4. The van der Waals surface area contributed by atoms with Crippen LogP contribution in [0.2, 0.25) is 18.1 Å². The molecule has 172 valence electrons. The molecule has 0 unspecified atom stereocenters. The SMILES string of the molecule is CC(C)(C)[Si](C)(C)Oc1ccc(-c2cc(OCc3ccccc3)ccc2/C=C/[N+](=O)[O-])cc1. The van der Waals surface area contributed by atoms with Gasteiger partial charge in [0.05, 0.1) is 4.92 Å². The Balaban J connectivity index is 1.89. The maximum Gasteiger partial charge on any atom is 0.250 e. The predicted octanol–water partition coefficient (Wildman–Crippen LogP) is 7.56. The lowest BCUT2D eigenvalue weighted by Gasteiger charge is -2.36. The molecule has 0 heterocycles. The normalized spacial score (nSPS) is 12.0. The van der Waals surface area contributed by atoms with E-state index in [4.69, 9.17) is 9.16 Å². The summed E-state index contributed by atoms with van der Waals surface area (Å²) in [7, 11) is -1.94. The summed E-state index contributed by atoms with van der Waals surface area (Å²) in [5, 5.41) is 11.0. The van der Waals surface area contributed by atoms with Gasteiger partial charge in [0, 0.05) is 6.08 Å². The Morgan fingerprint density at radius 3 is 2.18 bits per heavy atom. The maximum absolute atomic E-state index is 10.9. The standard InChI is InChI=1S/C27H31NO4Si/c1-27(2,3)33(4,5)32-24-14-11-22(12-15-24)26-19-25(16-13-23(26)17-18-28(29)30)31-20-21-9-7-6-8-10-21/h6-19H,20H2,1-5H3/b18-17+. The van der Waals surface area contributed by atoms with Crippen LogP contribution in [0.25, 0.3) is 17.2 Å². The van der Waals surface area contributed by atoms with Crippen LogP contribution in [0.3, 0.4) is 0 Å². The molecule has 0 spiro atoms. The molecule has 3 rings (SSSR count). The molecule has 6 heteroatoms. The molecule has 0 bridgehead atoms. The molecule has 0 saturated heterocycles. The quantitative estimate of drug-likeness (QED) is 0.197. The van der Waals surface area contributed by atoms with E-state index >= 15 is 0 Å². The Bertz CT molecular complexity index is 1120. The molecule has 3 aromatic rings. The predicted molar refractivity (Wildman–Crippen MR) is 137 cm³/mol. The molecule has 0 amide bonds. The highest BCUT2D eigenvalue weighted by Crippen LogP contribution is 2.38. The van der Waals surface area contributed by atoms with E-state index in [2.05, 4.69) is 33.9 Å². The van der Waals surface area contributed by atoms with Crippen molar-refractivity contribution in [3.05, 3.63) is 100 Å². The zero-order valence-corrected chi connectivity index (χ0v) is 20.9. The molecule has 0 aliphatic heterocycles. The van der Waals surface area contributed by atoms with E-state index < -0.39 is 13.2 Å². The Kier molecular flexibility index (Phi) is 7.38. The topological polar surface area (TPSA) is 61.6 Å². The van der Waals surface area contributed by atoms with Gasteiger partial charge in [-0.3, -0.25) is 10.1 Å². The summed E-state index contributed by atoms with van der Waals surface area (Å²) >= 11 is 0. The molecule has 0 aromatic heterocycles. The summed E-state index contributed by atoms with van der Waals surface area (Å²) < 4.78 is 12.4. The van der Waals surface area contributed by atoms with Gasteiger partial charge in [0.2, 0.25) is 14.5 Å². The lowest BCUT2D eigenvalue weighted by molar-refractivity contribution is -0.400. The number of hydrogen-bond donors (Lipinski definition) is 0. The van der Waals surface area contributed by atoms with Gasteiger partial charge >= 0.3 is 0 Å². The van der Waals surface area contributed by atoms with Gasteiger partial charge in [-0.1, -0.05) is 69.3 Å². The first-order valence-corrected chi connectivity index (χ1v) is 13.9. The molecule has 0 fully saturated rings. The van der Waals surface area contributed by atoms with Gasteiger partial charge in [0.1, 0.15) is 18.1 Å². The van der Waals surface area contributed by atoms with E-state index in [1.165, 1.54) is 6.08 Å². The molecule has 0 atom stereocenters. The van der Waals surface area contributed by atoms with Crippen LogP contribution in [-0.4, -0.2) is 13.2 Å². The minimum Gasteiger partial charge on any atom is -0.544 e. The second-order valence-corrected chi connectivity index (χ2v) is 14.2. The van der Waals surface area contributed by atoms with E-state index in [1.807, 2.05) is 72.8 Å². The first-order chi connectivity index (χ1) is 15.5. The molecule has 0 N–H and O–H groups in total. The summed E-state index contributed by atoms with van der Waals surface area (Å²) in [4.78, 5) is 10.4. The van der Waals surface area contributed by atoms with Gasteiger partial charge in [-0.2, -0.15) is 0 Å². The minimum atomic E-state index is -1.94. The molecule has 3 aromatic carbocycles. The number of hydrogen-bond acceptors (Lipinski definition) is 4. The lowest BCUT2D eigenvalue weighted by atomic mass is 9.99. The van der Waals surface area contributed by atoms with Crippen LogP contribution in [0.1, 0.15) is 31.9 Å². The molecule has 0 saturated carbocycles. The van der Waals surface area contributed by atoms with Crippen LogP contribution in [0, 0.1) is 10.1 Å². The van der Waals surface area contributed by atoms with E-state index in [0.717, 1.165) is 34.2 Å². The average Bonchev–Trinajstić information content (AvgIpc) is 2.77. The lowest BCUT2D eigenvalue weighted by Crippen LogP contribution is -2.43.